The highest BCUT2D eigenvalue weighted by molar-refractivity contribution is 5.71. The molecule has 0 rings (SSSR count). The Morgan fingerprint density at radius 1 is 0.324 bits per heavy atom. The van der Waals surface area contributed by atoms with Crippen molar-refractivity contribution < 1.29 is 28.6 Å². The van der Waals surface area contributed by atoms with Crippen molar-refractivity contribution in [2.45, 2.75) is 252 Å². The molecule has 0 saturated heterocycles. The molecule has 0 aliphatic carbocycles. The Bertz CT molecular complexity index is 1410. The maximum atomic E-state index is 12.8. The van der Waals surface area contributed by atoms with Crippen molar-refractivity contribution in [1.29, 1.82) is 0 Å². The molecule has 6 heteroatoms. The summed E-state index contributed by atoms with van der Waals surface area (Å²) in [5, 5.41) is 0. The molecule has 0 bridgehead atoms. The highest BCUT2D eigenvalue weighted by Crippen LogP contribution is 2.14. The van der Waals surface area contributed by atoms with Crippen molar-refractivity contribution in [3.8, 4) is 0 Å². The molecular formula is C62H102O6. The molecule has 0 aromatic carbocycles. The normalized spacial score (nSPS) is 12.9. The number of esters is 3. The summed E-state index contributed by atoms with van der Waals surface area (Å²) in [6.45, 7) is 6.43. The lowest BCUT2D eigenvalue weighted by Gasteiger charge is -2.18. The summed E-state index contributed by atoms with van der Waals surface area (Å²) in [5.41, 5.74) is 0. The molecule has 0 radical (unpaired) electrons. The molecular weight excluding hydrogens is 841 g/mol. The van der Waals surface area contributed by atoms with Crippen LogP contribution in [0.3, 0.4) is 0 Å². The van der Waals surface area contributed by atoms with Gasteiger partial charge in [-0.25, -0.2) is 0 Å². The monoisotopic (exact) mass is 943 g/mol. The van der Waals surface area contributed by atoms with Gasteiger partial charge in [-0.3, -0.25) is 14.4 Å². The molecule has 68 heavy (non-hydrogen) atoms. The van der Waals surface area contributed by atoms with Gasteiger partial charge >= 0.3 is 17.9 Å². The van der Waals surface area contributed by atoms with Crippen LogP contribution in [-0.2, 0) is 28.6 Å². The van der Waals surface area contributed by atoms with Crippen molar-refractivity contribution in [3.63, 3.8) is 0 Å². The Morgan fingerprint density at radius 3 is 1.07 bits per heavy atom. The second kappa shape index (κ2) is 55.7. The first-order chi connectivity index (χ1) is 33.5. The lowest BCUT2D eigenvalue weighted by molar-refractivity contribution is -0.166. The third-order valence-electron chi connectivity index (χ3n) is 11.6. The number of carbonyl (C=O) groups excluding carboxylic acids is 3. The van der Waals surface area contributed by atoms with Crippen LogP contribution < -0.4 is 0 Å². The average Bonchev–Trinajstić information content (AvgIpc) is 3.34. The van der Waals surface area contributed by atoms with Gasteiger partial charge < -0.3 is 14.2 Å². The van der Waals surface area contributed by atoms with Gasteiger partial charge in [0.05, 0.1) is 0 Å². The Kier molecular flexibility index (Phi) is 52.4. The number of rotatable bonds is 49. The van der Waals surface area contributed by atoms with Gasteiger partial charge in [-0.15, -0.1) is 0 Å². The highest BCUT2D eigenvalue weighted by Gasteiger charge is 2.19. The first-order valence-electron chi connectivity index (χ1n) is 27.9. The molecule has 0 aliphatic rings. The van der Waals surface area contributed by atoms with E-state index in [9.17, 15) is 14.4 Å². The number of ether oxygens (including phenoxy) is 3. The van der Waals surface area contributed by atoms with E-state index in [0.717, 1.165) is 103 Å². The molecule has 0 aromatic rings. The molecule has 386 valence electrons. The minimum Gasteiger partial charge on any atom is -0.462 e. The van der Waals surface area contributed by atoms with E-state index < -0.39 is 6.10 Å². The van der Waals surface area contributed by atoms with Crippen LogP contribution in [0, 0.1) is 0 Å². The van der Waals surface area contributed by atoms with E-state index in [0.29, 0.717) is 12.8 Å². The zero-order chi connectivity index (χ0) is 49.3. The molecule has 0 heterocycles. The maximum absolute atomic E-state index is 12.8. The predicted octanol–water partition coefficient (Wildman–Crippen LogP) is 18.7. The maximum Gasteiger partial charge on any atom is 0.306 e. The molecule has 0 saturated carbocycles. The van der Waals surface area contributed by atoms with E-state index >= 15 is 0 Å². The molecule has 0 N–H and O–H groups in total. The smallest absolute Gasteiger partial charge is 0.306 e. The van der Waals surface area contributed by atoms with Crippen LogP contribution in [-0.4, -0.2) is 37.2 Å². The lowest BCUT2D eigenvalue weighted by atomic mass is 10.0. The van der Waals surface area contributed by atoms with Crippen molar-refractivity contribution in [1.82, 2.24) is 0 Å². The van der Waals surface area contributed by atoms with Gasteiger partial charge in [0.2, 0.25) is 0 Å². The standard InChI is InChI=1S/C62H102O6/c1-4-7-10-13-16-19-22-25-27-29-31-33-34-37-40-43-46-49-52-55-61(64)67-58-59(57-66-60(63)54-51-48-45-42-39-36-24-21-18-15-12-9-6-3)68-62(65)56-53-50-47-44-41-38-35-32-30-28-26-23-20-17-14-11-8-5-2/h7,10,16,19,23,25-28,30-33,35,37,40,46,49,59H,4-6,8-9,11-15,17-18,20-22,24,29,34,36,38-39,41-45,47-48,50-58H2,1-3H3/b10-7-,19-16-,26-23-,27-25-,30-28-,33-31-,35-32-,40-37-,49-46-. The molecule has 6 nitrogen and oxygen atoms in total. The van der Waals surface area contributed by atoms with Crippen LogP contribution in [0.2, 0.25) is 0 Å². The topological polar surface area (TPSA) is 78.9 Å². The zero-order valence-electron chi connectivity index (χ0n) is 44.1. The minimum atomic E-state index is -0.820. The fourth-order valence-electron chi connectivity index (χ4n) is 7.41. The van der Waals surface area contributed by atoms with Crippen LogP contribution in [0.1, 0.15) is 245 Å². The third kappa shape index (κ3) is 53.0. The zero-order valence-corrected chi connectivity index (χ0v) is 44.1. The molecule has 0 fully saturated rings. The van der Waals surface area contributed by atoms with Crippen molar-refractivity contribution >= 4 is 17.9 Å². The van der Waals surface area contributed by atoms with Gasteiger partial charge in [-0.05, 0) is 83.5 Å². The van der Waals surface area contributed by atoms with Gasteiger partial charge in [0, 0.05) is 19.3 Å². The van der Waals surface area contributed by atoms with Gasteiger partial charge in [0.25, 0.3) is 0 Å². The van der Waals surface area contributed by atoms with Crippen molar-refractivity contribution in [3.05, 3.63) is 109 Å². The first kappa shape index (κ1) is 64.1. The first-order valence-corrected chi connectivity index (χ1v) is 27.9. The second-order valence-electron chi connectivity index (χ2n) is 18.2. The van der Waals surface area contributed by atoms with Crippen LogP contribution >= 0.6 is 0 Å². The molecule has 0 aliphatic heterocycles. The summed E-state index contributed by atoms with van der Waals surface area (Å²) in [6, 6.07) is 0. The Hall–Kier alpha value is -3.93. The van der Waals surface area contributed by atoms with Crippen LogP contribution in [0.4, 0.5) is 0 Å². The lowest BCUT2D eigenvalue weighted by Crippen LogP contribution is -2.30. The SMILES string of the molecule is CC/C=C\C/C=C\C/C=C\C/C=C\C/C=C\C/C=C\CCC(=O)OCC(COC(=O)CCCCCCCCCCCCCCC)OC(=O)CCCCCCC\C=C/C=C\C=C/CCCCCCC. The second-order valence-corrected chi connectivity index (χ2v) is 18.2. The van der Waals surface area contributed by atoms with Gasteiger partial charge in [0.1, 0.15) is 13.2 Å². The fourth-order valence-corrected chi connectivity index (χ4v) is 7.41. The van der Waals surface area contributed by atoms with Gasteiger partial charge in [0.15, 0.2) is 6.10 Å². The number of hydrogen-bond donors (Lipinski definition) is 0. The number of unbranched alkanes of at least 4 members (excludes halogenated alkanes) is 22. The summed E-state index contributed by atoms with van der Waals surface area (Å²) < 4.78 is 16.8. The highest BCUT2D eigenvalue weighted by atomic mass is 16.6. The Morgan fingerprint density at radius 2 is 0.662 bits per heavy atom. The number of carbonyl (C=O) groups is 3. The van der Waals surface area contributed by atoms with E-state index in [-0.39, 0.29) is 44.0 Å². The van der Waals surface area contributed by atoms with Gasteiger partial charge in [-0.2, -0.15) is 0 Å². The van der Waals surface area contributed by atoms with E-state index in [1.165, 1.54) is 96.3 Å². The Balaban J connectivity index is 4.54. The summed E-state index contributed by atoms with van der Waals surface area (Å²) >= 11 is 0. The van der Waals surface area contributed by atoms with E-state index in [2.05, 4.69) is 124 Å². The predicted molar refractivity (Wildman–Crippen MR) is 293 cm³/mol. The Labute approximate surface area is 419 Å². The minimum absolute atomic E-state index is 0.110. The molecule has 0 aromatic heterocycles. The molecule has 1 atom stereocenters. The fraction of sp³-hybridized carbons (Fsp3) is 0.661. The summed E-state index contributed by atoms with van der Waals surface area (Å²) in [6.07, 6.45) is 75.1. The quantitative estimate of drug-likeness (QED) is 0.0199. The molecule has 1 unspecified atom stereocenters. The summed E-state index contributed by atoms with van der Waals surface area (Å²) in [4.78, 5) is 38.1. The number of hydrogen-bond acceptors (Lipinski definition) is 6. The molecule has 0 spiro atoms. The van der Waals surface area contributed by atoms with Gasteiger partial charge in [-0.1, -0.05) is 252 Å². The van der Waals surface area contributed by atoms with E-state index in [4.69, 9.17) is 14.2 Å². The van der Waals surface area contributed by atoms with Crippen LogP contribution in [0.15, 0.2) is 109 Å². The third-order valence-corrected chi connectivity index (χ3v) is 11.6. The van der Waals surface area contributed by atoms with Crippen molar-refractivity contribution in [2.24, 2.45) is 0 Å². The number of allylic oxidation sites excluding steroid dienone is 18. The summed E-state index contributed by atoms with van der Waals surface area (Å²) in [7, 11) is 0. The van der Waals surface area contributed by atoms with E-state index in [1.807, 2.05) is 6.08 Å². The average molecular weight is 943 g/mol. The van der Waals surface area contributed by atoms with Crippen molar-refractivity contribution in [2.75, 3.05) is 13.2 Å². The van der Waals surface area contributed by atoms with Crippen LogP contribution in [0.25, 0.3) is 0 Å². The largest absolute Gasteiger partial charge is 0.462 e. The summed E-state index contributed by atoms with van der Waals surface area (Å²) in [5.74, 6) is -1.02. The van der Waals surface area contributed by atoms with Crippen LogP contribution in [0.5, 0.6) is 0 Å². The molecule has 0 amide bonds. The van der Waals surface area contributed by atoms with E-state index in [1.54, 1.807) is 0 Å².